The Morgan fingerprint density at radius 3 is 1.97 bits per heavy atom. The van der Waals surface area contributed by atoms with Crippen molar-refractivity contribution in [3.8, 4) is 17.2 Å². The fourth-order valence-corrected chi connectivity index (χ4v) is 3.79. The molecule has 0 fully saturated rings. The summed E-state index contributed by atoms with van der Waals surface area (Å²) in [5.74, 6) is 0.0349. The predicted octanol–water partition coefficient (Wildman–Crippen LogP) is 6.71. The number of esters is 1. The lowest BCUT2D eigenvalue weighted by molar-refractivity contribution is 0.0600. The third-order valence-electron chi connectivity index (χ3n) is 5.63. The molecule has 1 amide bonds. The lowest BCUT2D eigenvalue weighted by atomic mass is 10.2. The number of ether oxygens (including phenoxy) is 3. The second-order valence-electron chi connectivity index (χ2n) is 8.08. The van der Waals surface area contributed by atoms with Crippen LogP contribution in [0.25, 0.3) is 11.0 Å². The molecule has 5 rings (SSSR count). The van der Waals surface area contributed by atoms with E-state index < -0.39 is 17.5 Å². The molecule has 4 aromatic carbocycles. The van der Waals surface area contributed by atoms with E-state index in [4.69, 9.17) is 13.9 Å². The molecule has 8 heteroatoms. The van der Waals surface area contributed by atoms with Crippen molar-refractivity contribution in [1.29, 1.82) is 0 Å². The van der Waals surface area contributed by atoms with Crippen molar-refractivity contribution in [1.82, 2.24) is 0 Å². The van der Waals surface area contributed by atoms with Gasteiger partial charge in [0.2, 0.25) is 11.2 Å². The highest BCUT2D eigenvalue weighted by atomic mass is 16.6. The number of carbonyl (C=O) groups excluding carboxylic acids is 2. The number of para-hydroxylation sites is 2. The highest BCUT2D eigenvalue weighted by Crippen LogP contribution is 2.28. The van der Waals surface area contributed by atoms with Crippen LogP contribution >= 0.6 is 0 Å². The van der Waals surface area contributed by atoms with Crippen LogP contribution in [0.2, 0.25) is 0 Å². The second-order valence-corrected chi connectivity index (χ2v) is 8.08. The van der Waals surface area contributed by atoms with E-state index in [0.29, 0.717) is 22.7 Å². The summed E-state index contributed by atoms with van der Waals surface area (Å²) in [5.41, 5.74) is 1.44. The third-order valence-corrected chi connectivity index (χ3v) is 5.63. The van der Waals surface area contributed by atoms with Gasteiger partial charge in [-0.3, -0.25) is 4.79 Å². The van der Waals surface area contributed by atoms with Crippen molar-refractivity contribution in [2.45, 2.75) is 0 Å². The first-order chi connectivity index (χ1) is 18.5. The largest absolute Gasteiger partial charge is 0.465 e. The van der Waals surface area contributed by atoms with E-state index in [1.807, 2.05) is 36.4 Å². The molecule has 0 aliphatic carbocycles. The number of amides is 1. The van der Waals surface area contributed by atoms with Crippen molar-refractivity contribution in [2.75, 3.05) is 12.0 Å². The zero-order valence-corrected chi connectivity index (χ0v) is 20.2. The zero-order valence-electron chi connectivity index (χ0n) is 20.2. The van der Waals surface area contributed by atoms with Crippen LogP contribution < -0.4 is 19.8 Å². The fraction of sp³-hybridized carbons (Fsp3) is 0.0333. The second kappa shape index (κ2) is 10.7. The van der Waals surface area contributed by atoms with E-state index in [9.17, 15) is 14.4 Å². The Labute approximate surface area is 217 Å². The highest BCUT2D eigenvalue weighted by molar-refractivity contribution is 5.97. The molecule has 0 bridgehead atoms. The van der Waals surface area contributed by atoms with Gasteiger partial charge in [-0.05, 0) is 60.7 Å². The van der Waals surface area contributed by atoms with Crippen LogP contribution in [0.3, 0.4) is 0 Å². The molecule has 8 nitrogen and oxygen atoms in total. The van der Waals surface area contributed by atoms with Gasteiger partial charge in [0, 0.05) is 6.07 Å². The van der Waals surface area contributed by atoms with Gasteiger partial charge in [-0.2, -0.15) is 0 Å². The molecule has 0 spiro atoms. The number of fused-ring (bicyclic) bond motifs is 1. The van der Waals surface area contributed by atoms with Gasteiger partial charge in [-0.15, -0.1) is 0 Å². The van der Waals surface area contributed by atoms with Gasteiger partial charge in [-0.25, -0.2) is 14.5 Å². The number of anilines is 2. The first kappa shape index (κ1) is 24.3. The van der Waals surface area contributed by atoms with Gasteiger partial charge in [0.25, 0.3) is 0 Å². The van der Waals surface area contributed by atoms with Crippen LogP contribution in [0, 0.1) is 0 Å². The Morgan fingerprint density at radius 2 is 1.37 bits per heavy atom. The number of hydrogen-bond acceptors (Lipinski definition) is 7. The Bertz CT molecular complexity index is 1610. The summed E-state index contributed by atoms with van der Waals surface area (Å²) in [6.07, 6.45) is 0.560. The maximum atomic E-state index is 13.2. The lowest BCUT2D eigenvalue weighted by Gasteiger charge is -2.22. The Hall–Kier alpha value is -5.37. The topological polar surface area (TPSA) is 95.3 Å². The average Bonchev–Trinajstić information content (AvgIpc) is 2.96. The van der Waals surface area contributed by atoms with E-state index in [2.05, 4.69) is 4.74 Å². The number of methoxy groups -OCH3 is 1. The van der Waals surface area contributed by atoms with E-state index in [1.165, 1.54) is 48.6 Å². The summed E-state index contributed by atoms with van der Waals surface area (Å²) in [4.78, 5) is 39.3. The average molecular weight is 507 g/mol. The monoisotopic (exact) mass is 507 g/mol. The van der Waals surface area contributed by atoms with E-state index in [0.717, 1.165) is 0 Å². The van der Waals surface area contributed by atoms with Crippen LogP contribution in [0.5, 0.6) is 17.2 Å². The molecule has 188 valence electrons. The minimum Gasteiger partial charge on any atom is -0.465 e. The molecule has 0 radical (unpaired) electrons. The number of carbonyl (C=O) groups is 2. The molecule has 0 saturated heterocycles. The molecule has 0 N–H and O–H groups in total. The van der Waals surface area contributed by atoms with Crippen molar-refractivity contribution in [3.63, 3.8) is 0 Å². The van der Waals surface area contributed by atoms with E-state index in [1.54, 1.807) is 36.4 Å². The molecular formula is C30H21NO7. The molecular weight excluding hydrogens is 486 g/mol. The summed E-state index contributed by atoms with van der Waals surface area (Å²) >= 11 is 0. The molecule has 0 aliphatic heterocycles. The molecule has 5 aromatic rings. The summed E-state index contributed by atoms with van der Waals surface area (Å²) < 4.78 is 21.6. The van der Waals surface area contributed by atoms with Crippen LogP contribution in [0.15, 0.2) is 119 Å². The minimum absolute atomic E-state index is 0.0348. The van der Waals surface area contributed by atoms with Crippen LogP contribution in [0.1, 0.15) is 10.4 Å². The Morgan fingerprint density at radius 1 is 0.763 bits per heavy atom. The van der Waals surface area contributed by atoms with Gasteiger partial charge in [0.1, 0.15) is 23.3 Å². The molecule has 1 aromatic heterocycles. The van der Waals surface area contributed by atoms with Crippen molar-refractivity contribution >= 4 is 34.4 Å². The smallest absolute Gasteiger partial charge is 0.424 e. The van der Waals surface area contributed by atoms with E-state index >= 15 is 0 Å². The summed E-state index contributed by atoms with van der Waals surface area (Å²) in [6.45, 7) is 0. The number of rotatable bonds is 6. The maximum Gasteiger partial charge on any atom is 0.424 e. The van der Waals surface area contributed by atoms with Crippen molar-refractivity contribution in [3.05, 3.63) is 125 Å². The summed E-state index contributed by atoms with van der Waals surface area (Å²) in [5, 5.41) is 0.247. The van der Waals surface area contributed by atoms with E-state index in [-0.39, 0.29) is 22.5 Å². The maximum absolute atomic E-state index is 13.2. The fourth-order valence-electron chi connectivity index (χ4n) is 3.79. The summed E-state index contributed by atoms with van der Waals surface area (Å²) in [6, 6.07) is 28.9. The number of hydrogen-bond donors (Lipinski definition) is 0. The first-order valence-electron chi connectivity index (χ1n) is 11.6. The van der Waals surface area contributed by atoms with Gasteiger partial charge in [0.15, 0.2) is 0 Å². The van der Waals surface area contributed by atoms with Crippen LogP contribution in [0.4, 0.5) is 16.2 Å². The SMILES string of the molecule is COC(=O)c1ccc(Oc2coc3cc(OC(=O)N(c4ccccc4)c4ccccc4)ccc3c2=O)cc1. The minimum atomic E-state index is -0.626. The highest BCUT2D eigenvalue weighted by Gasteiger charge is 2.21. The first-order valence-corrected chi connectivity index (χ1v) is 11.6. The molecule has 0 unspecified atom stereocenters. The number of nitrogens with zero attached hydrogens (tertiary/aromatic N) is 1. The molecule has 1 heterocycles. The van der Waals surface area contributed by atoms with Gasteiger partial charge in [0.05, 0.1) is 29.4 Å². The molecule has 38 heavy (non-hydrogen) atoms. The van der Waals surface area contributed by atoms with Gasteiger partial charge >= 0.3 is 12.1 Å². The Kier molecular flexibility index (Phi) is 6.86. The molecule has 0 atom stereocenters. The number of benzene rings is 4. The van der Waals surface area contributed by atoms with Gasteiger partial charge < -0.3 is 18.6 Å². The quantitative estimate of drug-likeness (QED) is 0.236. The standard InChI is InChI=1S/C30H21NO7/c1-35-29(33)20-12-14-23(15-13-20)37-27-19-36-26-18-24(16-17-25(26)28(27)32)38-30(34)31(21-8-4-2-5-9-21)22-10-6-3-7-11-22/h2-19H,1H3. The van der Waals surface area contributed by atoms with Crippen molar-refractivity contribution < 1.29 is 28.2 Å². The Balaban J connectivity index is 1.38. The normalized spacial score (nSPS) is 10.6. The predicted molar refractivity (Wildman–Crippen MR) is 141 cm³/mol. The summed E-state index contributed by atoms with van der Waals surface area (Å²) in [7, 11) is 1.29. The van der Waals surface area contributed by atoms with Gasteiger partial charge in [-0.1, -0.05) is 36.4 Å². The molecule has 0 saturated carbocycles. The zero-order chi connectivity index (χ0) is 26.5. The molecule has 0 aliphatic rings. The van der Waals surface area contributed by atoms with Crippen LogP contribution in [-0.4, -0.2) is 19.2 Å². The lowest BCUT2D eigenvalue weighted by Crippen LogP contribution is -2.29. The third kappa shape index (κ3) is 5.10. The van der Waals surface area contributed by atoms with Crippen LogP contribution in [-0.2, 0) is 4.74 Å². The van der Waals surface area contributed by atoms with Crippen molar-refractivity contribution in [2.24, 2.45) is 0 Å².